The first-order valence-electron chi connectivity index (χ1n) is 4.09. The van der Waals surface area contributed by atoms with Crippen molar-refractivity contribution >= 4 is 72.2 Å². The van der Waals surface area contributed by atoms with Gasteiger partial charge in [0, 0.05) is 26.3 Å². The summed E-state index contributed by atoms with van der Waals surface area (Å²) in [6.45, 7) is 0. The van der Waals surface area contributed by atoms with E-state index < -0.39 is 0 Å². The molecule has 0 aromatic heterocycles. The summed E-state index contributed by atoms with van der Waals surface area (Å²) < 4.78 is 0. The smallest absolute Gasteiger partial charge is 0.0530 e. The number of thiol groups is 2. The van der Waals surface area contributed by atoms with Crippen LogP contribution in [0.1, 0.15) is 0 Å². The average Bonchev–Trinajstić information content (AvgIpc) is 2.12. The number of nitrogens with two attached hydrogens (primary N) is 2. The molecule has 0 unspecified atom stereocenters. The molecule has 2 nitrogen and oxygen atoms in total. The van der Waals surface area contributed by atoms with Gasteiger partial charge in [-0.25, -0.2) is 0 Å². The van der Waals surface area contributed by atoms with E-state index in [0.29, 0.717) is 11.4 Å². The lowest BCUT2D eigenvalue weighted by molar-refractivity contribution is 1.47. The summed E-state index contributed by atoms with van der Waals surface area (Å²) >= 11 is 8.50. The first kappa shape index (κ1) is 15.6. The Morgan fingerprint density at radius 2 is 1.50 bits per heavy atom. The minimum Gasteiger partial charge on any atom is -0.398 e. The van der Waals surface area contributed by atoms with Crippen molar-refractivity contribution in [3.63, 3.8) is 0 Å². The van der Waals surface area contributed by atoms with E-state index in [9.17, 15) is 0 Å². The highest BCUT2D eigenvalue weighted by molar-refractivity contribution is 7.80. The van der Waals surface area contributed by atoms with Gasteiger partial charge in [-0.2, -0.15) is 0 Å². The van der Waals surface area contributed by atoms with E-state index in [1.165, 1.54) is 0 Å². The van der Waals surface area contributed by atoms with Crippen molar-refractivity contribution in [1.29, 1.82) is 0 Å². The molecule has 88 valence electrons. The minimum absolute atomic E-state index is 0. The van der Waals surface area contributed by atoms with E-state index in [0.717, 1.165) is 20.6 Å². The first-order chi connectivity index (χ1) is 6.59. The molecule has 0 bridgehead atoms. The number of hydrogen-bond donors (Lipinski definition) is 4. The van der Waals surface area contributed by atoms with E-state index in [1.807, 2.05) is 24.3 Å². The van der Waals surface area contributed by atoms with Gasteiger partial charge in [-0.3, -0.25) is 0 Å². The predicted octanol–water partition coefficient (Wildman–Crippen LogP) is 3.43. The highest BCUT2D eigenvalue weighted by Crippen LogP contribution is 2.32. The molecule has 2 aromatic rings. The molecule has 0 saturated carbocycles. The van der Waals surface area contributed by atoms with E-state index >= 15 is 0 Å². The number of fused-ring (bicyclic) bond motifs is 1. The molecule has 0 aliphatic rings. The minimum atomic E-state index is 0. The number of hydrogen-bond acceptors (Lipinski definition) is 4. The van der Waals surface area contributed by atoms with E-state index in [4.69, 9.17) is 11.5 Å². The molecule has 0 saturated heterocycles. The van der Waals surface area contributed by atoms with E-state index in [2.05, 4.69) is 25.3 Å². The summed E-state index contributed by atoms with van der Waals surface area (Å²) in [4.78, 5) is 1.57. The Hall–Kier alpha value is -0.420. The fourth-order valence-corrected chi connectivity index (χ4v) is 1.92. The van der Waals surface area contributed by atoms with Gasteiger partial charge in [0.15, 0.2) is 0 Å². The third kappa shape index (κ3) is 2.63. The molecule has 2 aromatic carbocycles. The van der Waals surface area contributed by atoms with Crippen LogP contribution in [0.15, 0.2) is 34.1 Å². The van der Waals surface area contributed by atoms with Gasteiger partial charge in [0.2, 0.25) is 0 Å². The molecule has 0 aliphatic carbocycles. The van der Waals surface area contributed by atoms with Crippen LogP contribution in [0.3, 0.4) is 0 Å². The molecule has 0 amide bonds. The van der Waals surface area contributed by atoms with Crippen molar-refractivity contribution in [2.24, 2.45) is 0 Å². The molecule has 2 rings (SSSR count). The SMILES string of the molecule is Cl.Cl.Nc1cc(S)cc2c(N)c(S)ccc12. The van der Waals surface area contributed by atoms with Crippen LogP contribution in [-0.4, -0.2) is 0 Å². The third-order valence-electron chi connectivity index (χ3n) is 2.17. The maximum absolute atomic E-state index is 5.89. The van der Waals surface area contributed by atoms with Gasteiger partial charge < -0.3 is 11.5 Å². The summed E-state index contributed by atoms with van der Waals surface area (Å²) in [6, 6.07) is 7.46. The van der Waals surface area contributed by atoms with Crippen LogP contribution in [0.5, 0.6) is 0 Å². The molecular formula is C10H12Cl2N2S2. The Kier molecular flexibility index (Phi) is 5.62. The molecule has 0 spiro atoms. The predicted molar refractivity (Wildman–Crippen MR) is 81.8 cm³/mol. The van der Waals surface area contributed by atoms with Crippen molar-refractivity contribution in [2.45, 2.75) is 9.79 Å². The molecule has 0 radical (unpaired) electrons. The summed E-state index contributed by atoms with van der Waals surface area (Å²) in [5, 5.41) is 1.85. The van der Waals surface area contributed by atoms with Crippen molar-refractivity contribution in [3.05, 3.63) is 24.3 Å². The molecule has 4 N–H and O–H groups in total. The molecule has 0 heterocycles. The molecule has 16 heavy (non-hydrogen) atoms. The number of rotatable bonds is 0. The maximum Gasteiger partial charge on any atom is 0.0530 e. The van der Waals surface area contributed by atoms with Crippen LogP contribution >= 0.6 is 50.1 Å². The molecule has 6 heteroatoms. The molecule has 0 aliphatic heterocycles. The summed E-state index contributed by atoms with van der Waals surface area (Å²) in [5.74, 6) is 0. The number of halogens is 2. The second kappa shape index (κ2) is 5.77. The zero-order chi connectivity index (χ0) is 10.3. The Bertz CT molecular complexity index is 518. The van der Waals surface area contributed by atoms with Gasteiger partial charge in [0.1, 0.15) is 0 Å². The van der Waals surface area contributed by atoms with Gasteiger partial charge in [-0.05, 0) is 18.2 Å². The van der Waals surface area contributed by atoms with Gasteiger partial charge in [0.05, 0.1) is 5.69 Å². The fourth-order valence-electron chi connectivity index (χ4n) is 1.46. The summed E-state index contributed by atoms with van der Waals surface area (Å²) in [5.41, 5.74) is 13.1. The van der Waals surface area contributed by atoms with Crippen LogP contribution in [-0.2, 0) is 0 Å². The molecular weight excluding hydrogens is 283 g/mol. The lowest BCUT2D eigenvalue weighted by Gasteiger charge is -2.08. The topological polar surface area (TPSA) is 52.0 Å². The zero-order valence-corrected chi connectivity index (χ0v) is 11.6. The van der Waals surface area contributed by atoms with Crippen molar-refractivity contribution in [1.82, 2.24) is 0 Å². The van der Waals surface area contributed by atoms with Gasteiger partial charge in [-0.15, -0.1) is 50.1 Å². The van der Waals surface area contributed by atoms with Crippen LogP contribution in [0, 0.1) is 0 Å². The van der Waals surface area contributed by atoms with Crippen LogP contribution < -0.4 is 11.5 Å². The lowest BCUT2D eigenvalue weighted by atomic mass is 10.1. The highest BCUT2D eigenvalue weighted by Gasteiger charge is 2.05. The maximum atomic E-state index is 5.89. The van der Waals surface area contributed by atoms with Crippen molar-refractivity contribution in [2.75, 3.05) is 11.5 Å². The number of anilines is 2. The van der Waals surface area contributed by atoms with Crippen LogP contribution in [0.25, 0.3) is 10.8 Å². The van der Waals surface area contributed by atoms with E-state index in [1.54, 1.807) is 0 Å². The van der Waals surface area contributed by atoms with Crippen molar-refractivity contribution in [3.8, 4) is 0 Å². The monoisotopic (exact) mass is 294 g/mol. The largest absolute Gasteiger partial charge is 0.398 e. The number of benzene rings is 2. The Balaban J connectivity index is 0.00000112. The lowest BCUT2D eigenvalue weighted by Crippen LogP contribution is -1.93. The fraction of sp³-hybridized carbons (Fsp3) is 0. The number of nitrogen functional groups attached to an aromatic ring is 2. The van der Waals surface area contributed by atoms with Gasteiger partial charge in [0.25, 0.3) is 0 Å². The second-order valence-electron chi connectivity index (χ2n) is 3.13. The molecule has 0 atom stereocenters. The third-order valence-corrected chi connectivity index (χ3v) is 2.82. The van der Waals surface area contributed by atoms with Crippen LogP contribution in [0.4, 0.5) is 11.4 Å². The Labute approximate surface area is 117 Å². The highest BCUT2D eigenvalue weighted by atomic mass is 35.5. The van der Waals surface area contributed by atoms with Crippen LogP contribution in [0.2, 0.25) is 0 Å². The summed E-state index contributed by atoms with van der Waals surface area (Å²) in [6.07, 6.45) is 0. The average molecular weight is 295 g/mol. The zero-order valence-electron chi connectivity index (χ0n) is 8.18. The second-order valence-corrected chi connectivity index (χ2v) is 4.13. The van der Waals surface area contributed by atoms with Gasteiger partial charge in [-0.1, -0.05) is 6.07 Å². The normalized spacial score (nSPS) is 9.38. The standard InChI is InChI=1S/C10H10N2S2.2ClH/c11-8-4-5(13)3-7-6(8)1-2-9(14)10(7)12;;/h1-4,13-14H,11-12H2;2*1H. The quantitative estimate of drug-likeness (QED) is 0.444. The Morgan fingerprint density at radius 3 is 2.12 bits per heavy atom. The van der Waals surface area contributed by atoms with Crippen molar-refractivity contribution < 1.29 is 0 Å². The first-order valence-corrected chi connectivity index (χ1v) is 4.98. The molecule has 0 fully saturated rings. The Morgan fingerprint density at radius 1 is 0.875 bits per heavy atom. The summed E-state index contributed by atoms with van der Waals surface area (Å²) in [7, 11) is 0. The van der Waals surface area contributed by atoms with E-state index in [-0.39, 0.29) is 24.8 Å². The van der Waals surface area contributed by atoms with Gasteiger partial charge >= 0.3 is 0 Å².